The van der Waals surface area contributed by atoms with Crippen molar-refractivity contribution in [2.24, 2.45) is 0 Å². The van der Waals surface area contributed by atoms with Gasteiger partial charge >= 0.3 is 5.97 Å². The lowest BCUT2D eigenvalue weighted by Gasteiger charge is -2.03. The highest BCUT2D eigenvalue weighted by Gasteiger charge is 2.18. The maximum absolute atomic E-state index is 11.5. The van der Waals surface area contributed by atoms with E-state index in [1.807, 2.05) is 0 Å². The van der Waals surface area contributed by atoms with Crippen LogP contribution in [0.5, 0.6) is 0 Å². The summed E-state index contributed by atoms with van der Waals surface area (Å²) in [5, 5.41) is 0.549. The number of furan rings is 1. The van der Waals surface area contributed by atoms with Crippen molar-refractivity contribution in [1.29, 1.82) is 0 Å². The molecular formula is C11H10O5S. The fourth-order valence-corrected chi connectivity index (χ4v) is 2.20. The van der Waals surface area contributed by atoms with Crippen LogP contribution >= 0.6 is 0 Å². The van der Waals surface area contributed by atoms with E-state index in [4.69, 9.17) is 4.42 Å². The van der Waals surface area contributed by atoms with Gasteiger partial charge in [-0.1, -0.05) is 0 Å². The second kappa shape index (κ2) is 3.89. The van der Waals surface area contributed by atoms with E-state index >= 15 is 0 Å². The fraction of sp³-hybridized carbons (Fsp3) is 0.182. The number of rotatable bonds is 2. The lowest BCUT2D eigenvalue weighted by Crippen LogP contribution is -2.05. The van der Waals surface area contributed by atoms with Gasteiger partial charge in [0.1, 0.15) is 11.1 Å². The number of sulfone groups is 1. The Kier molecular flexibility index (Phi) is 2.66. The molecule has 0 saturated heterocycles. The molecule has 0 bridgehead atoms. The summed E-state index contributed by atoms with van der Waals surface area (Å²) in [6.45, 7) is 0. The molecule has 0 saturated carbocycles. The van der Waals surface area contributed by atoms with Gasteiger partial charge in [0.05, 0.1) is 18.3 Å². The molecule has 1 aromatic heterocycles. The molecule has 0 N–H and O–H groups in total. The number of fused-ring (bicyclic) bond motifs is 1. The predicted octanol–water partition coefficient (Wildman–Crippen LogP) is 1.62. The van der Waals surface area contributed by atoms with Gasteiger partial charge in [0.15, 0.2) is 9.84 Å². The molecule has 0 fully saturated rings. The van der Waals surface area contributed by atoms with E-state index in [0.717, 1.165) is 6.26 Å². The monoisotopic (exact) mass is 254 g/mol. The highest BCUT2D eigenvalue weighted by molar-refractivity contribution is 7.90. The van der Waals surface area contributed by atoms with Crippen LogP contribution in [0.4, 0.5) is 0 Å². The first-order valence-corrected chi connectivity index (χ1v) is 6.62. The van der Waals surface area contributed by atoms with Crippen LogP contribution in [-0.4, -0.2) is 27.8 Å². The lowest BCUT2D eigenvalue weighted by molar-refractivity contribution is 0.0601. The van der Waals surface area contributed by atoms with E-state index in [-0.39, 0.29) is 10.5 Å². The van der Waals surface area contributed by atoms with Gasteiger partial charge in [-0.25, -0.2) is 13.2 Å². The number of benzene rings is 1. The predicted molar refractivity (Wildman–Crippen MR) is 60.7 cm³/mol. The Morgan fingerprint density at radius 1 is 1.35 bits per heavy atom. The van der Waals surface area contributed by atoms with Crippen molar-refractivity contribution in [1.82, 2.24) is 0 Å². The van der Waals surface area contributed by atoms with Crippen molar-refractivity contribution < 1.29 is 22.4 Å². The van der Waals surface area contributed by atoms with Gasteiger partial charge in [-0.3, -0.25) is 0 Å². The molecule has 2 rings (SSSR count). The molecule has 0 aliphatic carbocycles. The molecule has 0 radical (unpaired) electrons. The molecule has 0 aliphatic heterocycles. The van der Waals surface area contributed by atoms with Crippen LogP contribution in [-0.2, 0) is 14.6 Å². The molecule has 17 heavy (non-hydrogen) atoms. The second-order valence-electron chi connectivity index (χ2n) is 3.57. The summed E-state index contributed by atoms with van der Waals surface area (Å²) in [7, 11) is -2.16. The summed E-state index contributed by atoms with van der Waals surface area (Å²) in [6.07, 6.45) is 2.47. The molecule has 0 aliphatic rings. The SMILES string of the molecule is COC(=O)c1cc(S(C)(=O)=O)cc2ccoc12. The molecular weight excluding hydrogens is 244 g/mol. The number of carbonyl (C=O) groups is 1. The molecule has 0 spiro atoms. The van der Waals surface area contributed by atoms with Crippen LogP contribution < -0.4 is 0 Å². The zero-order valence-electron chi connectivity index (χ0n) is 9.26. The second-order valence-corrected chi connectivity index (χ2v) is 5.59. The number of hydrogen-bond donors (Lipinski definition) is 0. The smallest absolute Gasteiger partial charge is 0.341 e. The van der Waals surface area contributed by atoms with E-state index in [1.54, 1.807) is 6.07 Å². The Balaban J connectivity index is 2.80. The lowest BCUT2D eigenvalue weighted by atomic mass is 10.1. The molecule has 1 heterocycles. The van der Waals surface area contributed by atoms with Crippen LogP contribution in [0.2, 0.25) is 0 Å². The van der Waals surface area contributed by atoms with Crippen molar-refractivity contribution >= 4 is 26.8 Å². The van der Waals surface area contributed by atoms with Gasteiger partial charge in [-0.05, 0) is 18.2 Å². The summed E-state index contributed by atoms with van der Waals surface area (Å²) in [5.41, 5.74) is 0.430. The number of esters is 1. The maximum atomic E-state index is 11.5. The van der Waals surface area contributed by atoms with E-state index < -0.39 is 15.8 Å². The first kappa shape index (κ1) is 11.7. The average molecular weight is 254 g/mol. The third-order valence-electron chi connectivity index (χ3n) is 2.36. The molecule has 0 atom stereocenters. The van der Waals surface area contributed by atoms with Crippen molar-refractivity contribution in [3.63, 3.8) is 0 Å². The molecule has 5 nitrogen and oxygen atoms in total. The molecule has 90 valence electrons. The summed E-state index contributed by atoms with van der Waals surface area (Å²) in [5.74, 6) is -0.629. The summed E-state index contributed by atoms with van der Waals surface area (Å²) >= 11 is 0. The standard InChI is InChI=1S/C11H10O5S/c1-15-11(12)9-6-8(17(2,13)14)5-7-3-4-16-10(7)9/h3-6H,1-2H3. The number of ether oxygens (including phenoxy) is 1. The van der Waals surface area contributed by atoms with Gasteiger partial charge in [-0.2, -0.15) is 0 Å². The Hall–Kier alpha value is -1.82. The van der Waals surface area contributed by atoms with Crippen molar-refractivity contribution in [3.05, 3.63) is 30.0 Å². The summed E-state index contributed by atoms with van der Waals surface area (Å²) < 4.78 is 32.7. The summed E-state index contributed by atoms with van der Waals surface area (Å²) in [4.78, 5) is 11.6. The van der Waals surface area contributed by atoms with E-state index in [1.165, 1.54) is 25.5 Å². The van der Waals surface area contributed by atoms with Gasteiger partial charge in [0.2, 0.25) is 0 Å². The molecule has 2 aromatic rings. The Morgan fingerprint density at radius 3 is 2.65 bits per heavy atom. The number of carbonyl (C=O) groups excluding carboxylic acids is 1. The average Bonchev–Trinajstić information content (AvgIpc) is 2.73. The Labute approximate surface area is 97.9 Å². The van der Waals surface area contributed by atoms with E-state index in [2.05, 4.69) is 4.74 Å². The van der Waals surface area contributed by atoms with Crippen molar-refractivity contribution in [2.75, 3.05) is 13.4 Å². The topological polar surface area (TPSA) is 73.6 Å². The summed E-state index contributed by atoms with van der Waals surface area (Å²) in [6, 6.07) is 4.31. The molecule has 1 aromatic carbocycles. The third-order valence-corrected chi connectivity index (χ3v) is 3.45. The minimum atomic E-state index is -3.39. The highest BCUT2D eigenvalue weighted by Crippen LogP contribution is 2.25. The third kappa shape index (κ3) is 2.03. The zero-order chi connectivity index (χ0) is 12.6. The number of hydrogen-bond acceptors (Lipinski definition) is 5. The number of methoxy groups -OCH3 is 1. The van der Waals surface area contributed by atoms with E-state index in [9.17, 15) is 13.2 Å². The Bertz CT molecular complexity index is 681. The Morgan fingerprint density at radius 2 is 2.06 bits per heavy atom. The molecule has 0 unspecified atom stereocenters. The van der Waals surface area contributed by atoms with Crippen LogP contribution in [0, 0.1) is 0 Å². The minimum absolute atomic E-state index is 0.0619. The first-order valence-electron chi connectivity index (χ1n) is 4.73. The fourth-order valence-electron chi connectivity index (χ4n) is 1.53. The van der Waals surface area contributed by atoms with E-state index in [0.29, 0.717) is 11.0 Å². The van der Waals surface area contributed by atoms with Crippen molar-refractivity contribution in [2.45, 2.75) is 4.90 Å². The van der Waals surface area contributed by atoms with Gasteiger partial charge in [-0.15, -0.1) is 0 Å². The normalized spacial score (nSPS) is 11.6. The van der Waals surface area contributed by atoms with Gasteiger partial charge < -0.3 is 9.15 Å². The van der Waals surface area contributed by atoms with Crippen LogP contribution in [0.15, 0.2) is 33.8 Å². The molecule has 6 heteroatoms. The van der Waals surface area contributed by atoms with Crippen LogP contribution in [0.3, 0.4) is 0 Å². The van der Waals surface area contributed by atoms with Crippen molar-refractivity contribution in [3.8, 4) is 0 Å². The minimum Gasteiger partial charge on any atom is -0.465 e. The highest BCUT2D eigenvalue weighted by atomic mass is 32.2. The van der Waals surface area contributed by atoms with Gasteiger partial charge in [0.25, 0.3) is 0 Å². The first-order chi connectivity index (χ1) is 7.93. The van der Waals surface area contributed by atoms with Crippen LogP contribution in [0.25, 0.3) is 11.0 Å². The molecule has 0 amide bonds. The van der Waals surface area contributed by atoms with Gasteiger partial charge in [0, 0.05) is 11.6 Å². The quantitative estimate of drug-likeness (QED) is 0.761. The maximum Gasteiger partial charge on any atom is 0.341 e. The zero-order valence-corrected chi connectivity index (χ0v) is 10.1. The largest absolute Gasteiger partial charge is 0.465 e. The van der Waals surface area contributed by atoms with Crippen LogP contribution in [0.1, 0.15) is 10.4 Å².